The van der Waals surface area contributed by atoms with Crippen molar-refractivity contribution >= 4 is 23.6 Å². The maximum atomic E-state index is 13.0. The van der Waals surface area contributed by atoms with Crippen LogP contribution < -0.4 is 9.80 Å². The molecule has 8 nitrogen and oxygen atoms in total. The Kier molecular flexibility index (Phi) is 5.00. The van der Waals surface area contributed by atoms with E-state index < -0.39 is 0 Å². The van der Waals surface area contributed by atoms with Crippen LogP contribution in [0.15, 0.2) is 24.5 Å². The second-order valence-corrected chi connectivity index (χ2v) is 8.59. The number of nitrogens with zero attached hydrogens (tertiary/aromatic N) is 5. The van der Waals surface area contributed by atoms with E-state index in [4.69, 9.17) is 9.72 Å². The minimum atomic E-state index is -0.389. The summed E-state index contributed by atoms with van der Waals surface area (Å²) in [6.45, 7) is 7.63. The summed E-state index contributed by atoms with van der Waals surface area (Å²) >= 11 is 0. The van der Waals surface area contributed by atoms with Crippen LogP contribution >= 0.6 is 0 Å². The molecular formula is C23H27N5O3. The van der Waals surface area contributed by atoms with E-state index in [-0.39, 0.29) is 12.0 Å². The van der Waals surface area contributed by atoms with Crippen molar-refractivity contribution in [3.63, 3.8) is 0 Å². The molecule has 0 N–H and O–H groups in total. The van der Waals surface area contributed by atoms with E-state index in [1.54, 1.807) is 6.20 Å². The molecule has 0 unspecified atom stereocenters. The Bertz CT molecular complexity index is 1030. The molecule has 2 aliphatic heterocycles. The van der Waals surface area contributed by atoms with Gasteiger partial charge in [-0.15, -0.1) is 0 Å². The van der Waals surface area contributed by atoms with Crippen LogP contribution in [-0.2, 0) is 4.74 Å². The first-order valence-corrected chi connectivity index (χ1v) is 10.9. The fourth-order valence-electron chi connectivity index (χ4n) is 4.42. The van der Waals surface area contributed by atoms with Crippen LogP contribution in [0.5, 0.6) is 0 Å². The third-order valence-electron chi connectivity index (χ3n) is 6.30. The molecule has 0 atom stereocenters. The van der Waals surface area contributed by atoms with Gasteiger partial charge in [-0.25, -0.2) is 14.8 Å². The fraction of sp³-hybridized carbons (Fsp3) is 0.478. The summed E-state index contributed by atoms with van der Waals surface area (Å²) in [7, 11) is 0. The molecular weight excluding hydrogens is 394 g/mol. The van der Waals surface area contributed by atoms with E-state index in [1.807, 2.05) is 24.1 Å². The number of ether oxygens (including phenoxy) is 1. The van der Waals surface area contributed by atoms with Crippen molar-refractivity contribution in [1.29, 1.82) is 0 Å². The Morgan fingerprint density at radius 2 is 1.68 bits per heavy atom. The maximum absolute atomic E-state index is 13.0. The molecule has 2 saturated heterocycles. The predicted molar refractivity (Wildman–Crippen MR) is 117 cm³/mol. The number of rotatable bonds is 4. The van der Waals surface area contributed by atoms with Gasteiger partial charge in [-0.3, -0.25) is 9.69 Å². The molecule has 0 spiro atoms. The molecule has 0 bridgehead atoms. The summed E-state index contributed by atoms with van der Waals surface area (Å²) in [5, 5.41) is 0. The van der Waals surface area contributed by atoms with Crippen LogP contribution in [0.25, 0.3) is 0 Å². The van der Waals surface area contributed by atoms with Gasteiger partial charge in [-0.05, 0) is 55.4 Å². The highest BCUT2D eigenvalue weighted by atomic mass is 16.6. The van der Waals surface area contributed by atoms with Crippen LogP contribution in [0.3, 0.4) is 0 Å². The highest BCUT2D eigenvalue weighted by molar-refractivity contribution is 5.95. The number of anilines is 2. The Balaban J connectivity index is 1.24. The average molecular weight is 422 g/mol. The summed E-state index contributed by atoms with van der Waals surface area (Å²) in [4.78, 5) is 39.6. The summed E-state index contributed by atoms with van der Waals surface area (Å²) in [6.07, 6.45) is 5.74. The monoisotopic (exact) mass is 421 g/mol. The van der Waals surface area contributed by atoms with Crippen molar-refractivity contribution in [2.24, 2.45) is 0 Å². The van der Waals surface area contributed by atoms with E-state index in [0.29, 0.717) is 43.5 Å². The lowest BCUT2D eigenvalue weighted by atomic mass is 10.1. The quantitative estimate of drug-likeness (QED) is 0.755. The molecule has 5 rings (SSSR count). The Hall–Kier alpha value is -3.16. The number of hydrogen-bond donors (Lipinski definition) is 0. The number of aryl methyl sites for hydroxylation is 2. The summed E-state index contributed by atoms with van der Waals surface area (Å²) < 4.78 is 4.99. The first-order chi connectivity index (χ1) is 15.0. The minimum Gasteiger partial charge on any atom is -0.447 e. The van der Waals surface area contributed by atoms with Crippen molar-refractivity contribution < 1.29 is 14.3 Å². The van der Waals surface area contributed by atoms with E-state index in [0.717, 1.165) is 24.5 Å². The van der Waals surface area contributed by atoms with Gasteiger partial charge in [0.05, 0.1) is 12.1 Å². The van der Waals surface area contributed by atoms with Crippen molar-refractivity contribution in [2.75, 3.05) is 49.1 Å². The molecule has 8 heteroatoms. The summed E-state index contributed by atoms with van der Waals surface area (Å²) in [5.74, 6) is 2.25. The van der Waals surface area contributed by atoms with Gasteiger partial charge in [-0.1, -0.05) is 6.07 Å². The van der Waals surface area contributed by atoms with Crippen LogP contribution in [0.4, 0.5) is 16.4 Å². The van der Waals surface area contributed by atoms with E-state index in [9.17, 15) is 9.59 Å². The van der Waals surface area contributed by atoms with Crippen molar-refractivity contribution in [1.82, 2.24) is 14.9 Å². The molecule has 2 amide bonds. The number of cyclic esters (lactones) is 1. The number of carbonyl (C=O) groups excluding carboxylic acids is 2. The van der Waals surface area contributed by atoms with Crippen LogP contribution in [0, 0.1) is 13.8 Å². The molecule has 1 saturated carbocycles. The normalized spacial score (nSPS) is 19.0. The van der Waals surface area contributed by atoms with Crippen molar-refractivity contribution in [3.05, 3.63) is 46.8 Å². The fourth-order valence-corrected chi connectivity index (χ4v) is 4.42. The van der Waals surface area contributed by atoms with Crippen LogP contribution in [0.1, 0.15) is 45.8 Å². The van der Waals surface area contributed by atoms with E-state index in [1.165, 1.54) is 28.9 Å². The number of carbonyl (C=O) groups is 2. The minimum absolute atomic E-state index is 0.0282. The highest BCUT2D eigenvalue weighted by Gasteiger charge is 2.29. The van der Waals surface area contributed by atoms with Gasteiger partial charge in [-0.2, -0.15) is 0 Å². The molecule has 162 valence electrons. The lowest BCUT2D eigenvalue weighted by Crippen LogP contribution is -2.49. The molecule has 31 heavy (non-hydrogen) atoms. The summed E-state index contributed by atoms with van der Waals surface area (Å²) in [5.41, 5.74) is 3.90. The lowest BCUT2D eigenvalue weighted by molar-refractivity contribution is 0.0746. The third-order valence-corrected chi connectivity index (χ3v) is 6.30. The van der Waals surface area contributed by atoms with Gasteiger partial charge in [0.1, 0.15) is 18.2 Å². The number of pyridine rings is 2. The zero-order chi connectivity index (χ0) is 21.5. The van der Waals surface area contributed by atoms with Gasteiger partial charge in [0.25, 0.3) is 5.91 Å². The third kappa shape index (κ3) is 3.82. The molecule has 3 fully saturated rings. The van der Waals surface area contributed by atoms with Gasteiger partial charge in [0, 0.05) is 38.6 Å². The first-order valence-electron chi connectivity index (χ1n) is 10.9. The van der Waals surface area contributed by atoms with E-state index in [2.05, 4.69) is 22.9 Å². The summed E-state index contributed by atoms with van der Waals surface area (Å²) in [6, 6.07) is 4.08. The predicted octanol–water partition coefficient (Wildman–Crippen LogP) is 2.89. The SMILES string of the molecule is Cc1cc(C2CC2)cnc1N1CCN(C(=O)c2cnc(N3CCOC3=O)c(C)c2)CC1. The Morgan fingerprint density at radius 1 is 0.968 bits per heavy atom. The molecule has 0 aromatic carbocycles. The second kappa shape index (κ2) is 7.83. The van der Waals surface area contributed by atoms with Crippen LogP contribution in [0.2, 0.25) is 0 Å². The van der Waals surface area contributed by atoms with Crippen LogP contribution in [-0.4, -0.2) is 66.2 Å². The zero-order valence-electron chi connectivity index (χ0n) is 18.0. The molecule has 4 heterocycles. The smallest absolute Gasteiger partial charge is 0.415 e. The molecule has 1 aliphatic carbocycles. The van der Waals surface area contributed by atoms with Crippen molar-refractivity contribution in [3.8, 4) is 0 Å². The zero-order valence-corrected chi connectivity index (χ0v) is 18.0. The molecule has 0 radical (unpaired) electrons. The topological polar surface area (TPSA) is 78.9 Å². The first kappa shape index (κ1) is 19.8. The Morgan fingerprint density at radius 3 is 2.29 bits per heavy atom. The molecule has 2 aromatic rings. The maximum Gasteiger partial charge on any atom is 0.415 e. The Labute approximate surface area is 181 Å². The second-order valence-electron chi connectivity index (χ2n) is 8.59. The van der Waals surface area contributed by atoms with Crippen molar-refractivity contribution in [2.45, 2.75) is 32.6 Å². The number of piperazine rings is 1. The number of amides is 2. The van der Waals surface area contributed by atoms with E-state index >= 15 is 0 Å². The van der Waals surface area contributed by atoms with Gasteiger partial charge in [0.15, 0.2) is 0 Å². The largest absolute Gasteiger partial charge is 0.447 e. The standard InChI is InChI=1S/C23H27N5O3/c1-15-11-18(17-3-4-17)13-24-20(15)26-5-7-27(8-6-26)22(29)19-12-16(2)21(25-14-19)28-9-10-31-23(28)30/h11-14,17H,3-10H2,1-2H3. The number of hydrogen-bond acceptors (Lipinski definition) is 6. The van der Waals surface area contributed by atoms with Gasteiger partial charge < -0.3 is 14.5 Å². The number of aromatic nitrogens is 2. The lowest BCUT2D eigenvalue weighted by Gasteiger charge is -2.36. The molecule has 3 aliphatic rings. The van der Waals surface area contributed by atoms with Gasteiger partial charge in [0.2, 0.25) is 0 Å². The average Bonchev–Trinajstić information content (AvgIpc) is 3.55. The highest BCUT2D eigenvalue weighted by Crippen LogP contribution is 2.40. The molecule has 2 aromatic heterocycles. The van der Waals surface area contributed by atoms with Gasteiger partial charge >= 0.3 is 6.09 Å².